The van der Waals surface area contributed by atoms with Crippen molar-refractivity contribution in [2.45, 2.75) is 13.8 Å². The molecule has 0 spiro atoms. The molecule has 7 heteroatoms. The third-order valence-electron chi connectivity index (χ3n) is 2.69. The number of likely N-dealkylation sites (N-methyl/N-ethyl adjacent to an activating group) is 2. The fraction of sp³-hybridized carbons (Fsp3) is 0.429. The van der Waals surface area contributed by atoms with Crippen LogP contribution in [0.15, 0.2) is 18.2 Å². The highest BCUT2D eigenvalue weighted by atomic mass is 19.1. The molecule has 0 aliphatic carbocycles. The van der Waals surface area contributed by atoms with Gasteiger partial charge in [0.25, 0.3) is 5.91 Å². The van der Waals surface area contributed by atoms with E-state index < -0.39 is 24.1 Å². The lowest BCUT2D eigenvalue weighted by Gasteiger charge is -2.20. The molecule has 1 rings (SSSR count). The zero-order valence-electron chi connectivity index (χ0n) is 12.0. The normalized spacial score (nSPS) is 10.1. The molecule has 0 aliphatic rings. The van der Waals surface area contributed by atoms with Crippen molar-refractivity contribution in [3.63, 3.8) is 0 Å². The quantitative estimate of drug-likeness (QED) is 0.826. The van der Waals surface area contributed by atoms with E-state index in [2.05, 4.69) is 5.32 Å². The van der Waals surface area contributed by atoms with Gasteiger partial charge < -0.3 is 15.0 Å². The lowest BCUT2D eigenvalue weighted by molar-refractivity contribution is -0.137. The molecule has 21 heavy (non-hydrogen) atoms. The summed E-state index contributed by atoms with van der Waals surface area (Å²) in [6, 6.07) is 2.82. The van der Waals surface area contributed by atoms with Crippen LogP contribution in [-0.2, 0) is 9.59 Å². The van der Waals surface area contributed by atoms with Gasteiger partial charge in [-0.15, -0.1) is 0 Å². The summed E-state index contributed by atoms with van der Waals surface area (Å²) in [5, 5.41) is 2.58. The molecule has 2 amide bonds. The van der Waals surface area contributed by atoms with Gasteiger partial charge in [-0.05, 0) is 26.0 Å². The summed E-state index contributed by atoms with van der Waals surface area (Å²) >= 11 is 0. The van der Waals surface area contributed by atoms with Gasteiger partial charge in [0, 0.05) is 19.2 Å². The number of carbonyl (C=O) groups excluding carboxylic acids is 2. The average molecular weight is 300 g/mol. The molecule has 0 unspecified atom stereocenters. The topological polar surface area (TPSA) is 58.6 Å². The van der Waals surface area contributed by atoms with E-state index in [1.807, 2.05) is 0 Å². The Morgan fingerprint density at radius 2 is 2.00 bits per heavy atom. The van der Waals surface area contributed by atoms with Gasteiger partial charge in [0.1, 0.15) is 5.82 Å². The van der Waals surface area contributed by atoms with Gasteiger partial charge in [-0.1, -0.05) is 0 Å². The number of halogens is 2. The van der Waals surface area contributed by atoms with E-state index >= 15 is 0 Å². The molecule has 0 radical (unpaired) electrons. The molecule has 0 heterocycles. The van der Waals surface area contributed by atoms with E-state index in [4.69, 9.17) is 4.74 Å². The number of carbonyl (C=O) groups is 2. The third-order valence-corrected chi connectivity index (χ3v) is 2.69. The van der Waals surface area contributed by atoms with Crippen molar-refractivity contribution < 1.29 is 23.1 Å². The maximum Gasteiger partial charge on any atom is 0.260 e. The van der Waals surface area contributed by atoms with Crippen LogP contribution >= 0.6 is 0 Å². The Morgan fingerprint density at radius 1 is 1.29 bits per heavy atom. The van der Waals surface area contributed by atoms with Gasteiger partial charge in [0.15, 0.2) is 18.2 Å². The zero-order valence-corrected chi connectivity index (χ0v) is 12.0. The molecule has 1 aromatic rings. The summed E-state index contributed by atoms with van der Waals surface area (Å²) in [7, 11) is 0. The summed E-state index contributed by atoms with van der Waals surface area (Å²) in [6.07, 6.45) is 0. The Balaban J connectivity index is 2.56. The molecule has 0 atom stereocenters. The Labute approximate surface area is 121 Å². The fourth-order valence-electron chi connectivity index (χ4n) is 1.63. The maximum atomic E-state index is 13.3. The molecule has 1 N–H and O–H groups in total. The Morgan fingerprint density at radius 3 is 2.57 bits per heavy atom. The highest BCUT2D eigenvalue weighted by Crippen LogP contribution is 2.17. The van der Waals surface area contributed by atoms with Crippen molar-refractivity contribution in [3.8, 4) is 5.75 Å². The van der Waals surface area contributed by atoms with Gasteiger partial charge in [0.05, 0.1) is 6.54 Å². The first kappa shape index (κ1) is 16.9. The summed E-state index contributed by atoms with van der Waals surface area (Å²) < 4.78 is 31.1. The standard InChI is InChI=1S/C14H18F2N2O3/c1-3-17-13(19)8-18(4-2)14(20)9-21-12-6-5-10(15)7-11(12)16/h5-7H,3-4,8-9H2,1-2H3,(H,17,19). The minimum atomic E-state index is -0.880. The predicted octanol–water partition coefficient (Wildman–Crippen LogP) is 1.33. The predicted molar refractivity (Wildman–Crippen MR) is 72.8 cm³/mol. The molecular formula is C14H18F2N2O3. The minimum Gasteiger partial charge on any atom is -0.481 e. The molecule has 0 saturated heterocycles. The van der Waals surface area contributed by atoms with Crippen LogP contribution in [0.5, 0.6) is 5.75 Å². The van der Waals surface area contributed by atoms with E-state index in [1.54, 1.807) is 13.8 Å². The number of nitrogens with zero attached hydrogens (tertiary/aromatic N) is 1. The largest absolute Gasteiger partial charge is 0.481 e. The number of hydrogen-bond acceptors (Lipinski definition) is 3. The van der Waals surface area contributed by atoms with Crippen molar-refractivity contribution in [1.29, 1.82) is 0 Å². The van der Waals surface area contributed by atoms with Gasteiger partial charge in [0.2, 0.25) is 5.91 Å². The van der Waals surface area contributed by atoms with Gasteiger partial charge in [-0.25, -0.2) is 8.78 Å². The summed E-state index contributed by atoms with van der Waals surface area (Å²) in [4.78, 5) is 24.6. The summed E-state index contributed by atoms with van der Waals surface area (Å²) in [5.74, 6) is -2.54. The average Bonchev–Trinajstić information content (AvgIpc) is 2.43. The van der Waals surface area contributed by atoms with Crippen molar-refractivity contribution in [2.24, 2.45) is 0 Å². The van der Waals surface area contributed by atoms with Crippen LogP contribution in [0.3, 0.4) is 0 Å². The number of hydrogen-bond donors (Lipinski definition) is 1. The van der Waals surface area contributed by atoms with Gasteiger partial charge in [-0.3, -0.25) is 9.59 Å². The SMILES string of the molecule is CCNC(=O)CN(CC)C(=O)COc1ccc(F)cc1F. The first-order valence-electron chi connectivity index (χ1n) is 6.60. The number of benzene rings is 1. The molecule has 0 aromatic heterocycles. The Kier molecular flexibility index (Phi) is 6.58. The zero-order chi connectivity index (χ0) is 15.8. The van der Waals surface area contributed by atoms with Crippen molar-refractivity contribution in [1.82, 2.24) is 10.2 Å². The molecule has 5 nitrogen and oxygen atoms in total. The second-order valence-corrected chi connectivity index (χ2v) is 4.22. The minimum absolute atomic E-state index is 0.0849. The molecular weight excluding hydrogens is 282 g/mol. The number of rotatable bonds is 7. The highest BCUT2D eigenvalue weighted by molar-refractivity contribution is 5.85. The van der Waals surface area contributed by atoms with Gasteiger partial charge >= 0.3 is 0 Å². The molecule has 1 aromatic carbocycles. The fourth-order valence-corrected chi connectivity index (χ4v) is 1.63. The lowest BCUT2D eigenvalue weighted by Crippen LogP contribution is -2.42. The smallest absolute Gasteiger partial charge is 0.260 e. The number of nitrogens with one attached hydrogen (secondary N) is 1. The Bertz CT molecular complexity index is 509. The van der Waals surface area contributed by atoms with Crippen LogP contribution in [0.25, 0.3) is 0 Å². The number of amides is 2. The maximum absolute atomic E-state index is 13.3. The first-order chi connectivity index (χ1) is 9.97. The monoisotopic (exact) mass is 300 g/mol. The van der Waals surface area contributed by atoms with E-state index in [1.165, 1.54) is 4.90 Å². The second kappa shape index (κ2) is 8.18. The molecule has 0 saturated carbocycles. The summed E-state index contributed by atoms with van der Waals surface area (Å²) in [5.41, 5.74) is 0. The van der Waals surface area contributed by atoms with Crippen LogP contribution in [0.4, 0.5) is 8.78 Å². The summed E-state index contributed by atoms with van der Waals surface area (Å²) in [6.45, 7) is 3.79. The van der Waals surface area contributed by atoms with Gasteiger partial charge in [-0.2, -0.15) is 0 Å². The van der Waals surface area contributed by atoms with Crippen LogP contribution < -0.4 is 10.1 Å². The molecule has 0 aliphatic heterocycles. The van der Waals surface area contributed by atoms with Crippen molar-refractivity contribution >= 4 is 11.8 Å². The Hall–Kier alpha value is -2.18. The van der Waals surface area contributed by atoms with Crippen molar-refractivity contribution in [2.75, 3.05) is 26.2 Å². The van der Waals surface area contributed by atoms with Crippen LogP contribution in [-0.4, -0.2) is 43.0 Å². The third kappa shape index (κ3) is 5.37. The lowest BCUT2D eigenvalue weighted by atomic mass is 10.3. The molecule has 0 fully saturated rings. The first-order valence-corrected chi connectivity index (χ1v) is 6.60. The van der Waals surface area contributed by atoms with Crippen LogP contribution in [0.2, 0.25) is 0 Å². The van der Waals surface area contributed by atoms with E-state index in [-0.39, 0.29) is 18.2 Å². The number of ether oxygens (including phenoxy) is 1. The van der Waals surface area contributed by atoms with Crippen LogP contribution in [0.1, 0.15) is 13.8 Å². The van der Waals surface area contributed by atoms with E-state index in [0.717, 1.165) is 12.1 Å². The molecule has 116 valence electrons. The van der Waals surface area contributed by atoms with Crippen molar-refractivity contribution in [3.05, 3.63) is 29.8 Å². The molecule has 0 bridgehead atoms. The van der Waals surface area contributed by atoms with E-state index in [9.17, 15) is 18.4 Å². The highest BCUT2D eigenvalue weighted by Gasteiger charge is 2.16. The van der Waals surface area contributed by atoms with Crippen LogP contribution in [0, 0.1) is 11.6 Å². The second-order valence-electron chi connectivity index (χ2n) is 4.22. The van der Waals surface area contributed by atoms with E-state index in [0.29, 0.717) is 19.2 Å².